The Bertz CT molecular complexity index is 434. The highest BCUT2D eigenvalue weighted by Crippen LogP contribution is 2.40. The van der Waals surface area contributed by atoms with Crippen molar-refractivity contribution in [2.45, 2.75) is 38.3 Å². The van der Waals surface area contributed by atoms with Gasteiger partial charge in [0.05, 0.1) is 13.2 Å². The standard InChI is InChI=1S/C14H17NO2/c1-2-10(1)15-8-12-11-4-6-16-13(11)7-9-3-5-17-14(9)12/h7,10,15H,1-6,8H2. The molecule has 17 heavy (non-hydrogen) atoms. The zero-order valence-electron chi connectivity index (χ0n) is 9.92. The molecule has 3 heteroatoms. The first-order valence-electron chi connectivity index (χ1n) is 6.58. The third-order valence-corrected chi connectivity index (χ3v) is 3.91. The number of ether oxygens (including phenoxy) is 2. The molecule has 2 heterocycles. The highest BCUT2D eigenvalue weighted by molar-refractivity contribution is 5.56. The Labute approximate surface area is 101 Å². The van der Waals surface area contributed by atoms with Crippen LogP contribution in [0.3, 0.4) is 0 Å². The second-order valence-corrected chi connectivity index (χ2v) is 5.17. The lowest BCUT2D eigenvalue weighted by atomic mass is 9.99. The van der Waals surface area contributed by atoms with Crippen LogP contribution < -0.4 is 14.8 Å². The lowest BCUT2D eigenvalue weighted by Crippen LogP contribution is -2.17. The van der Waals surface area contributed by atoms with Crippen LogP contribution in [0.25, 0.3) is 0 Å². The predicted octanol–water partition coefficient (Wildman–Crippen LogP) is 1.81. The fraction of sp³-hybridized carbons (Fsp3) is 0.571. The number of rotatable bonds is 3. The van der Waals surface area contributed by atoms with E-state index in [2.05, 4.69) is 11.4 Å². The SMILES string of the molecule is c1c2c(c(CNC3CC3)c3c1OCC3)OCC2. The smallest absolute Gasteiger partial charge is 0.127 e. The minimum Gasteiger partial charge on any atom is -0.493 e. The average Bonchev–Trinajstić information content (AvgIpc) is 2.86. The summed E-state index contributed by atoms with van der Waals surface area (Å²) in [7, 11) is 0. The second kappa shape index (κ2) is 3.64. The Balaban J connectivity index is 1.73. The first-order valence-corrected chi connectivity index (χ1v) is 6.58. The van der Waals surface area contributed by atoms with Crippen molar-refractivity contribution in [3.05, 3.63) is 22.8 Å². The maximum absolute atomic E-state index is 5.81. The molecule has 3 nitrogen and oxygen atoms in total. The second-order valence-electron chi connectivity index (χ2n) is 5.17. The van der Waals surface area contributed by atoms with Crippen LogP contribution >= 0.6 is 0 Å². The molecule has 0 atom stereocenters. The van der Waals surface area contributed by atoms with Crippen molar-refractivity contribution in [1.82, 2.24) is 5.32 Å². The summed E-state index contributed by atoms with van der Waals surface area (Å²) >= 11 is 0. The molecule has 1 aromatic rings. The van der Waals surface area contributed by atoms with E-state index in [1.807, 2.05) is 0 Å². The van der Waals surface area contributed by atoms with Crippen LogP contribution in [0.1, 0.15) is 29.5 Å². The van der Waals surface area contributed by atoms with E-state index in [0.29, 0.717) is 0 Å². The summed E-state index contributed by atoms with van der Waals surface area (Å²) in [5, 5.41) is 3.60. The zero-order chi connectivity index (χ0) is 11.2. The van der Waals surface area contributed by atoms with E-state index in [9.17, 15) is 0 Å². The lowest BCUT2D eigenvalue weighted by Gasteiger charge is -2.13. The lowest BCUT2D eigenvalue weighted by molar-refractivity contribution is 0.352. The zero-order valence-corrected chi connectivity index (χ0v) is 9.92. The van der Waals surface area contributed by atoms with Gasteiger partial charge in [-0.3, -0.25) is 0 Å². The van der Waals surface area contributed by atoms with Gasteiger partial charge in [-0.15, -0.1) is 0 Å². The molecule has 0 amide bonds. The van der Waals surface area contributed by atoms with Gasteiger partial charge in [-0.25, -0.2) is 0 Å². The van der Waals surface area contributed by atoms with Crippen LogP contribution in [-0.2, 0) is 19.4 Å². The van der Waals surface area contributed by atoms with E-state index < -0.39 is 0 Å². The monoisotopic (exact) mass is 231 g/mol. The third kappa shape index (κ3) is 1.61. The minimum atomic E-state index is 0.741. The van der Waals surface area contributed by atoms with Crippen molar-refractivity contribution >= 4 is 0 Å². The van der Waals surface area contributed by atoms with Crippen LogP contribution in [0.15, 0.2) is 6.07 Å². The predicted molar refractivity (Wildman–Crippen MR) is 64.7 cm³/mol. The fourth-order valence-electron chi connectivity index (χ4n) is 2.81. The minimum absolute atomic E-state index is 0.741. The molecule has 3 aliphatic rings. The Morgan fingerprint density at radius 2 is 2.06 bits per heavy atom. The van der Waals surface area contributed by atoms with Gasteiger partial charge in [0, 0.05) is 42.1 Å². The molecule has 1 aliphatic carbocycles. The molecule has 0 radical (unpaired) electrons. The van der Waals surface area contributed by atoms with Crippen molar-refractivity contribution in [3.63, 3.8) is 0 Å². The van der Waals surface area contributed by atoms with E-state index in [1.54, 1.807) is 0 Å². The number of nitrogens with one attached hydrogen (secondary N) is 1. The van der Waals surface area contributed by atoms with E-state index in [0.717, 1.165) is 50.1 Å². The maximum atomic E-state index is 5.81. The van der Waals surface area contributed by atoms with Gasteiger partial charge in [-0.2, -0.15) is 0 Å². The Morgan fingerprint density at radius 3 is 2.94 bits per heavy atom. The van der Waals surface area contributed by atoms with Gasteiger partial charge in [0.2, 0.25) is 0 Å². The Morgan fingerprint density at radius 1 is 1.18 bits per heavy atom. The van der Waals surface area contributed by atoms with Gasteiger partial charge < -0.3 is 14.8 Å². The molecule has 4 rings (SSSR count). The summed E-state index contributed by atoms with van der Waals surface area (Å²) in [6.45, 7) is 2.60. The van der Waals surface area contributed by atoms with Crippen LogP contribution in [0, 0.1) is 0 Å². The van der Waals surface area contributed by atoms with Gasteiger partial charge in [-0.05, 0) is 18.9 Å². The largest absolute Gasteiger partial charge is 0.493 e. The van der Waals surface area contributed by atoms with Crippen LogP contribution in [0.5, 0.6) is 11.5 Å². The summed E-state index contributed by atoms with van der Waals surface area (Å²) < 4.78 is 11.5. The van der Waals surface area contributed by atoms with Crippen LogP contribution in [0.4, 0.5) is 0 Å². The van der Waals surface area contributed by atoms with Gasteiger partial charge in [0.1, 0.15) is 11.5 Å². The number of hydrogen-bond donors (Lipinski definition) is 1. The molecular formula is C14H17NO2. The summed E-state index contributed by atoms with van der Waals surface area (Å²) in [6.07, 6.45) is 4.72. The average molecular weight is 231 g/mol. The van der Waals surface area contributed by atoms with Crippen molar-refractivity contribution in [2.75, 3.05) is 13.2 Å². The summed E-state index contributed by atoms with van der Waals surface area (Å²) in [5.74, 6) is 2.24. The van der Waals surface area contributed by atoms with Crippen molar-refractivity contribution in [3.8, 4) is 11.5 Å². The van der Waals surface area contributed by atoms with Crippen LogP contribution in [-0.4, -0.2) is 19.3 Å². The molecule has 1 N–H and O–H groups in total. The van der Waals surface area contributed by atoms with Crippen LogP contribution in [0.2, 0.25) is 0 Å². The number of fused-ring (bicyclic) bond motifs is 2. The Kier molecular flexibility index (Phi) is 2.09. The maximum Gasteiger partial charge on any atom is 0.127 e. The molecule has 1 saturated carbocycles. The van der Waals surface area contributed by atoms with Gasteiger partial charge in [0.25, 0.3) is 0 Å². The topological polar surface area (TPSA) is 30.5 Å². The van der Waals surface area contributed by atoms with E-state index in [4.69, 9.17) is 9.47 Å². The summed E-state index contributed by atoms with van der Waals surface area (Å²) in [6, 6.07) is 2.93. The van der Waals surface area contributed by atoms with Gasteiger partial charge in [0.15, 0.2) is 0 Å². The molecule has 2 aliphatic heterocycles. The van der Waals surface area contributed by atoms with E-state index >= 15 is 0 Å². The number of hydrogen-bond acceptors (Lipinski definition) is 3. The highest BCUT2D eigenvalue weighted by Gasteiger charge is 2.28. The fourth-order valence-corrected chi connectivity index (χ4v) is 2.81. The van der Waals surface area contributed by atoms with E-state index in [1.165, 1.54) is 29.5 Å². The quantitative estimate of drug-likeness (QED) is 0.860. The molecule has 0 spiro atoms. The van der Waals surface area contributed by atoms with Gasteiger partial charge >= 0.3 is 0 Å². The summed E-state index contributed by atoms with van der Waals surface area (Å²) in [5.41, 5.74) is 4.07. The molecule has 0 aromatic heterocycles. The molecule has 0 unspecified atom stereocenters. The van der Waals surface area contributed by atoms with Crippen molar-refractivity contribution in [1.29, 1.82) is 0 Å². The molecule has 90 valence electrons. The molecule has 1 aromatic carbocycles. The molecular weight excluding hydrogens is 214 g/mol. The van der Waals surface area contributed by atoms with Gasteiger partial charge in [-0.1, -0.05) is 0 Å². The van der Waals surface area contributed by atoms with Crippen molar-refractivity contribution in [2.24, 2.45) is 0 Å². The summed E-state index contributed by atoms with van der Waals surface area (Å²) in [4.78, 5) is 0. The number of benzene rings is 1. The first-order chi connectivity index (χ1) is 8.42. The third-order valence-electron chi connectivity index (χ3n) is 3.91. The Hall–Kier alpha value is -1.22. The molecule has 1 fully saturated rings. The molecule has 0 bridgehead atoms. The normalized spacial score (nSPS) is 20.7. The molecule has 0 saturated heterocycles. The highest BCUT2D eigenvalue weighted by atomic mass is 16.5. The van der Waals surface area contributed by atoms with Crippen molar-refractivity contribution < 1.29 is 9.47 Å². The first kappa shape index (κ1) is 9.77. The van der Waals surface area contributed by atoms with E-state index in [-0.39, 0.29) is 0 Å².